The second kappa shape index (κ2) is 8.00. The van der Waals surface area contributed by atoms with Crippen molar-refractivity contribution in [2.75, 3.05) is 24.7 Å². The molecule has 0 radical (unpaired) electrons. The Hall–Kier alpha value is -2.20. The molecule has 3 aromatic rings. The summed E-state index contributed by atoms with van der Waals surface area (Å²) < 4.78 is 1.89. The van der Waals surface area contributed by atoms with Crippen molar-refractivity contribution in [1.82, 2.24) is 14.8 Å². The van der Waals surface area contributed by atoms with Gasteiger partial charge in [0, 0.05) is 25.3 Å². The molecule has 0 fully saturated rings. The van der Waals surface area contributed by atoms with Crippen molar-refractivity contribution in [3.05, 3.63) is 52.5 Å². The molecule has 1 heterocycles. The van der Waals surface area contributed by atoms with E-state index >= 15 is 0 Å². The largest absolute Gasteiger partial charge is 0.378 e. The van der Waals surface area contributed by atoms with E-state index in [1.165, 1.54) is 11.8 Å². The van der Waals surface area contributed by atoms with E-state index in [0.717, 1.165) is 16.9 Å². The number of benzene rings is 2. The summed E-state index contributed by atoms with van der Waals surface area (Å²) >= 11 is 13.6. The van der Waals surface area contributed by atoms with Crippen LogP contribution in [0.5, 0.6) is 0 Å². The highest BCUT2D eigenvalue weighted by Gasteiger charge is 2.17. The monoisotopic (exact) mass is 403 g/mol. The number of nitriles is 1. The van der Waals surface area contributed by atoms with Crippen molar-refractivity contribution < 1.29 is 0 Å². The molecule has 0 atom stereocenters. The lowest BCUT2D eigenvalue weighted by Crippen LogP contribution is -2.08. The maximum absolute atomic E-state index is 8.92. The van der Waals surface area contributed by atoms with E-state index in [1.807, 2.05) is 53.9 Å². The van der Waals surface area contributed by atoms with Crippen molar-refractivity contribution in [3.63, 3.8) is 0 Å². The molecule has 0 unspecified atom stereocenters. The van der Waals surface area contributed by atoms with E-state index in [1.54, 1.807) is 12.1 Å². The number of nitrogens with zero attached hydrogens (tertiary/aromatic N) is 5. The summed E-state index contributed by atoms with van der Waals surface area (Å²) in [6.07, 6.45) is 0. The standard InChI is InChI=1S/C18H15Cl2N5S/c1-24(2)13-5-3-4-12(10-13)17-22-23-18(26-9-8-21)25(17)14-6-7-15(19)16(20)11-14/h3-7,10-11H,9H2,1-2H3. The van der Waals surface area contributed by atoms with Gasteiger partial charge in [-0.15, -0.1) is 10.2 Å². The van der Waals surface area contributed by atoms with E-state index in [0.29, 0.717) is 21.0 Å². The van der Waals surface area contributed by atoms with Crippen molar-refractivity contribution in [2.24, 2.45) is 0 Å². The highest BCUT2D eigenvalue weighted by atomic mass is 35.5. The number of halogens is 2. The fourth-order valence-electron chi connectivity index (χ4n) is 2.43. The van der Waals surface area contributed by atoms with Crippen LogP contribution in [0.25, 0.3) is 17.1 Å². The molecule has 1 aromatic heterocycles. The quantitative estimate of drug-likeness (QED) is 0.565. The highest BCUT2D eigenvalue weighted by Crippen LogP contribution is 2.32. The van der Waals surface area contributed by atoms with Crippen molar-refractivity contribution in [1.29, 1.82) is 5.26 Å². The fraction of sp³-hybridized carbons (Fsp3) is 0.167. The Morgan fingerprint density at radius 1 is 1.12 bits per heavy atom. The van der Waals surface area contributed by atoms with E-state index in [4.69, 9.17) is 28.5 Å². The molecule has 0 N–H and O–H groups in total. The van der Waals surface area contributed by atoms with Crippen LogP contribution in [0.1, 0.15) is 0 Å². The van der Waals surface area contributed by atoms with E-state index in [2.05, 4.69) is 16.3 Å². The number of hydrogen-bond donors (Lipinski definition) is 0. The highest BCUT2D eigenvalue weighted by molar-refractivity contribution is 7.99. The first kappa shape index (κ1) is 18.6. The topological polar surface area (TPSA) is 57.7 Å². The van der Waals surface area contributed by atoms with Gasteiger partial charge in [0.25, 0.3) is 0 Å². The molecule has 0 aliphatic heterocycles. The predicted molar refractivity (Wildman–Crippen MR) is 107 cm³/mol. The smallest absolute Gasteiger partial charge is 0.197 e. The Bertz CT molecular complexity index is 978. The van der Waals surface area contributed by atoms with Crippen LogP contribution in [0, 0.1) is 11.3 Å². The maximum Gasteiger partial charge on any atom is 0.197 e. The zero-order chi connectivity index (χ0) is 18.7. The second-order valence-corrected chi connectivity index (χ2v) is 7.39. The van der Waals surface area contributed by atoms with Crippen LogP contribution in [0.4, 0.5) is 5.69 Å². The van der Waals surface area contributed by atoms with Gasteiger partial charge >= 0.3 is 0 Å². The molecule has 0 spiro atoms. The average molecular weight is 404 g/mol. The fourth-order valence-corrected chi connectivity index (χ4v) is 3.33. The Morgan fingerprint density at radius 3 is 2.62 bits per heavy atom. The van der Waals surface area contributed by atoms with Crippen LogP contribution in [0.2, 0.25) is 10.0 Å². The molecular weight excluding hydrogens is 389 g/mol. The minimum atomic E-state index is 0.275. The first-order valence-electron chi connectivity index (χ1n) is 7.69. The van der Waals surface area contributed by atoms with Gasteiger partial charge in [-0.1, -0.05) is 47.1 Å². The van der Waals surface area contributed by atoms with Crippen LogP contribution < -0.4 is 4.90 Å². The molecule has 8 heteroatoms. The molecule has 132 valence electrons. The minimum Gasteiger partial charge on any atom is -0.378 e. The molecule has 26 heavy (non-hydrogen) atoms. The summed E-state index contributed by atoms with van der Waals surface area (Å²) in [7, 11) is 3.97. The summed E-state index contributed by atoms with van der Waals surface area (Å²) in [4.78, 5) is 2.02. The number of hydrogen-bond acceptors (Lipinski definition) is 5. The van der Waals surface area contributed by atoms with Crippen LogP contribution in [0.15, 0.2) is 47.6 Å². The zero-order valence-electron chi connectivity index (χ0n) is 14.1. The Morgan fingerprint density at radius 2 is 1.92 bits per heavy atom. The number of anilines is 1. The summed E-state index contributed by atoms with van der Waals surface area (Å²) in [5, 5.41) is 19.1. The van der Waals surface area contributed by atoms with Crippen molar-refractivity contribution in [2.45, 2.75) is 5.16 Å². The SMILES string of the molecule is CN(C)c1cccc(-c2nnc(SCC#N)n2-c2ccc(Cl)c(Cl)c2)c1. The van der Waals surface area contributed by atoms with E-state index in [-0.39, 0.29) is 5.75 Å². The summed E-state index contributed by atoms with van der Waals surface area (Å²) in [6, 6.07) is 15.5. The molecule has 0 saturated heterocycles. The lowest BCUT2D eigenvalue weighted by atomic mass is 10.1. The molecule has 2 aromatic carbocycles. The van der Waals surface area contributed by atoms with Gasteiger partial charge in [0.05, 0.1) is 27.6 Å². The van der Waals surface area contributed by atoms with Crippen molar-refractivity contribution in [3.8, 4) is 23.1 Å². The van der Waals surface area contributed by atoms with Gasteiger partial charge in [0.1, 0.15) is 0 Å². The number of rotatable bonds is 5. The number of aromatic nitrogens is 3. The molecule has 0 aliphatic carbocycles. The Labute approximate surface area is 166 Å². The molecular formula is C18H15Cl2N5S. The molecule has 0 aliphatic rings. The molecule has 0 bridgehead atoms. The van der Waals surface area contributed by atoms with E-state index < -0.39 is 0 Å². The third kappa shape index (κ3) is 3.80. The Balaban J connectivity index is 2.17. The molecule has 5 nitrogen and oxygen atoms in total. The third-order valence-electron chi connectivity index (χ3n) is 3.68. The molecule has 0 amide bonds. The first-order valence-corrected chi connectivity index (χ1v) is 9.43. The summed E-state index contributed by atoms with van der Waals surface area (Å²) in [5.74, 6) is 0.949. The maximum atomic E-state index is 8.92. The van der Waals surface area contributed by atoms with Gasteiger partial charge in [-0.3, -0.25) is 4.57 Å². The van der Waals surface area contributed by atoms with Gasteiger partial charge in [0.15, 0.2) is 11.0 Å². The van der Waals surface area contributed by atoms with Gasteiger partial charge in [-0.2, -0.15) is 5.26 Å². The second-order valence-electron chi connectivity index (χ2n) is 5.63. The van der Waals surface area contributed by atoms with Crippen molar-refractivity contribution >= 4 is 40.7 Å². The minimum absolute atomic E-state index is 0.275. The van der Waals surface area contributed by atoms with Gasteiger partial charge in [-0.05, 0) is 30.3 Å². The zero-order valence-corrected chi connectivity index (χ0v) is 16.5. The summed E-state index contributed by atoms with van der Waals surface area (Å²) in [6.45, 7) is 0. The average Bonchev–Trinajstić information content (AvgIpc) is 3.06. The van der Waals surface area contributed by atoms with Crippen LogP contribution in [-0.2, 0) is 0 Å². The van der Waals surface area contributed by atoms with Crippen LogP contribution in [0.3, 0.4) is 0 Å². The summed E-state index contributed by atoms with van der Waals surface area (Å²) in [5.41, 5.74) is 2.76. The normalized spacial score (nSPS) is 10.6. The lowest BCUT2D eigenvalue weighted by Gasteiger charge is -2.14. The lowest BCUT2D eigenvalue weighted by molar-refractivity contribution is 0.888. The predicted octanol–water partition coefficient (Wildman–Crippen LogP) is 4.92. The molecule has 0 saturated carbocycles. The van der Waals surface area contributed by atoms with Crippen LogP contribution in [-0.4, -0.2) is 34.6 Å². The van der Waals surface area contributed by atoms with Crippen LogP contribution >= 0.6 is 35.0 Å². The number of thioether (sulfide) groups is 1. The van der Waals surface area contributed by atoms with E-state index in [9.17, 15) is 0 Å². The van der Waals surface area contributed by atoms with Gasteiger partial charge in [0.2, 0.25) is 0 Å². The third-order valence-corrected chi connectivity index (χ3v) is 5.22. The van der Waals surface area contributed by atoms with Gasteiger partial charge in [-0.25, -0.2) is 0 Å². The Kier molecular flexibility index (Phi) is 5.72. The first-order chi connectivity index (χ1) is 12.5. The molecule has 3 rings (SSSR count). The van der Waals surface area contributed by atoms with Gasteiger partial charge < -0.3 is 4.90 Å².